The molecule has 0 aliphatic carbocycles. The first-order chi connectivity index (χ1) is 6.10. The maximum absolute atomic E-state index is 5.93. The van der Waals surface area contributed by atoms with Crippen molar-refractivity contribution < 1.29 is 0 Å². The molecule has 4 heteroatoms. The lowest BCUT2D eigenvalue weighted by atomic mass is 9.77. The summed E-state index contributed by atoms with van der Waals surface area (Å²) in [5.41, 5.74) is 1.44. The van der Waals surface area contributed by atoms with Gasteiger partial charge < -0.3 is 5.32 Å². The maximum Gasteiger partial charge on any atom is 0.0423 e. The summed E-state index contributed by atoms with van der Waals surface area (Å²) in [4.78, 5) is 0. The van der Waals surface area contributed by atoms with Crippen LogP contribution in [0.1, 0.15) is 12.5 Å². The maximum atomic E-state index is 5.93. The number of benzene rings is 1. The van der Waals surface area contributed by atoms with Gasteiger partial charge in [-0.3, -0.25) is 0 Å². The Hall–Kier alpha value is 0.0500. The molecule has 2 rings (SSSR count). The molecule has 0 spiro atoms. The van der Waals surface area contributed by atoms with E-state index < -0.39 is 0 Å². The predicted molar refractivity (Wildman–Crippen MR) is 63.9 cm³/mol. The molecule has 0 atom stereocenters. The molecule has 1 saturated heterocycles. The van der Waals surface area contributed by atoms with E-state index >= 15 is 0 Å². The van der Waals surface area contributed by atoms with Gasteiger partial charge in [-0.05, 0) is 23.8 Å². The molecular formula is C10H12Cl3N. The van der Waals surface area contributed by atoms with E-state index in [0.717, 1.165) is 23.1 Å². The Bertz CT molecular complexity index is 314. The van der Waals surface area contributed by atoms with Crippen molar-refractivity contribution in [2.24, 2.45) is 0 Å². The molecule has 1 heterocycles. The average Bonchev–Trinajstić information content (AvgIpc) is 1.98. The molecule has 0 saturated carbocycles. The Balaban J connectivity index is 0.000000980. The lowest BCUT2D eigenvalue weighted by molar-refractivity contribution is 0.305. The fraction of sp³-hybridized carbons (Fsp3) is 0.400. The van der Waals surface area contributed by atoms with Crippen molar-refractivity contribution >= 4 is 35.6 Å². The molecule has 0 unspecified atom stereocenters. The van der Waals surface area contributed by atoms with Gasteiger partial charge >= 0.3 is 0 Å². The SMILES string of the molecule is CC1(c2cc(Cl)cc(Cl)c2)CNC1.Cl. The van der Waals surface area contributed by atoms with Crippen LogP contribution in [-0.2, 0) is 5.41 Å². The van der Waals surface area contributed by atoms with Crippen molar-refractivity contribution in [1.82, 2.24) is 5.32 Å². The van der Waals surface area contributed by atoms with E-state index in [2.05, 4.69) is 12.2 Å². The highest BCUT2D eigenvalue weighted by Crippen LogP contribution is 2.31. The Morgan fingerprint density at radius 1 is 1.14 bits per heavy atom. The number of hydrogen-bond donors (Lipinski definition) is 1. The first kappa shape index (κ1) is 12.1. The zero-order valence-electron chi connectivity index (χ0n) is 7.81. The summed E-state index contributed by atoms with van der Waals surface area (Å²) in [7, 11) is 0. The summed E-state index contributed by atoms with van der Waals surface area (Å²) in [5.74, 6) is 0. The van der Waals surface area contributed by atoms with Crippen LogP contribution in [-0.4, -0.2) is 13.1 Å². The fourth-order valence-corrected chi connectivity index (χ4v) is 2.13. The van der Waals surface area contributed by atoms with Gasteiger partial charge in [-0.15, -0.1) is 12.4 Å². The van der Waals surface area contributed by atoms with Crippen LogP contribution in [0.5, 0.6) is 0 Å². The fourth-order valence-electron chi connectivity index (χ4n) is 1.61. The summed E-state index contributed by atoms with van der Waals surface area (Å²) in [6, 6.07) is 5.75. The van der Waals surface area contributed by atoms with Gasteiger partial charge in [0.1, 0.15) is 0 Å². The molecule has 14 heavy (non-hydrogen) atoms. The molecule has 78 valence electrons. The van der Waals surface area contributed by atoms with Gasteiger partial charge in [-0.25, -0.2) is 0 Å². The molecule has 0 amide bonds. The van der Waals surface area contributed by atoms with Gasteiger partial charge in [-0.2, -0.15) is 0 Å². The van der Waals surface area contributed by atoms with E-state index in [1.54, 1.807) is 6.07 Å². The second-order valence-electron chi connectivity index (χ2n) is 3.82. The van der Waals surface area contributed by atoms with Crippen molar-refractivity contribution in [2.75, 3.05) is 13.1 Å². The van der Waals surface area contributed by atoms with Crippen LogP contribution in [0.2, 0.25) is 10.0 Å². The highest BCUT2D eigenvalue weighted by atomic mass is 35.5. The van der Waals surface area contributed by atoms with E-state index in [1.807, 2.05) is 12.1 Å². The minimum Gasteiger partial charge on any atom is -0.315 e. The normalized spacial score (nSPS) is 18.2. The van der Waals surface area contributed by atoms with E-state index in [9.17, 15) is 0 Å². The number of hydrogen-bond acceptors (Lipinski definition) is 1. The zero-order chi connectivity index (χ0) is 9.47. The van der Waals surface area contributed by atoms with Crippen molar-refractivity contribution in [1.29, 1.82) is 0 Å². The Labute approximate surface area is 100 Å². The van der Waals surface area contributed by atoms with Crippen LogP contribution in [0.3, 0.4) is 0 Å². The zero-order valence-corrected chi connectivity index (χ0v) is 10.1. The quantitative estimate of drug-likeness (QED) is 0.809. The van der Waals surface area contributed by atoms with E-state index in [0.29, 0.717) is 0 Å². The van der Waals surface area contributed by atoms with Gasteiger partial charge in [0.25, 0.3) is 0 Å². The second-order valence-corrected chi connectivity index (χ2v) is 4.70. The van der Waals surface area contributed by atoms with E-state index in [-0.39, 0.29) is 17.8 Å². The van der Waals surface area contributed by atoms with Crippen LogP contribution in [0.15, 0.2) is 18.2 Å². The first-order valence-electron chi connectivity index (χ1n) is 4.27. The molecule has 1 aromatic rings. The van der Waals surface area contributed by atoms with Crippen molar-refractivity contribution in [3.63, 3.8) is 0 Å². The molecule has 1 aliphatic heterocycles. The van der Waals surface area contributed by atoms with Crippen molar-refractivity contribution in [2.45, 2.75) is 12.3 Å². The molecule has 1 aromatic carbocycles. The molecule has 0 aromatic heterocycles. The minimum absolute atomic E-state index is 0. The third-order valence-electron chi connectivity index (χ3n) is 2.59. The molecule has 0 radical (unpaired) electrons. The van der Waals surface area contributed by atoms with Crippen LogP contribution < -0.4 is 5.32 Å². The highest BCUT2D eigenvalue weighted by Gasteiger charge is 2.33. The highest BCUT2D eigenvalue weighted by molar-refractivity contribution is 6.34. The number of nitrogens with one attached hydrogen (secondary N) is 1. The molecule has 1 fully saturated rings. The lowest BCUT2D eigenvalue weighted by Gasteiger charge is -2.40. The molecule has 1 N–H and O–H groups in total. The third kappa shape index (κ3) is 2.17. The van der Waals surface area contributed by atoms with Crippen LogP contribution in [0.25, 0.3) is 0 Å². The lowest BCUT2D eigenvalue weighted by Crippen LogP contribution is -2.54. The molecule has 0 bridgehead atoms. The van der Waals surface area contributed by atoms with E-state index in [4.69, 9.17) is 23.2 Å². The van der Waals surface area contributed by atoms with Gasteiger partial charge in [0.05, 0.1) is 0 Å². The third-order valence-corrected chi connectivity index (χ3v) is 3.03. The molecular weight excluding hydrogens is 240 g/mol. The van der Waals surface area contributed by atoms with Gasteiger partial charge in [0.15, 0.2) is 0 Å². The van der Waals surface area contributed by atoms with Gasteiger partial charge in [0.2, 0.25) is 0 Å². The largest absolute Gasteiger partial charge is 0.315 e. The summed E-state index contributed by atoms with van der Waals surface area (Å²) >= 11 is 11.9. The molecule has 1 aliphatic rings. The van der Waals surface area contributed by atoms with Crippen LogP contribution >= 0.6 is 35.6 Å². The standard InChI is InChI=1S/C10H11Cl2N.ClH/c1-10(5-13-6-10)7-2-8(11)4-9(12)3-7;/h2-4,13H,5-6H2,1H3;1H. The van der Waals surface area contributed by atoms with Crippen LogP contribution in [0, 0.1) is 0 Å². The Morgan fingerprint density at radius 2 is 1.64 bits per heavy atom. The van der Waals surface area contributed by atoms with Gasteiger partial charge in [0, 0.05) is 28.5 Å². The van der Waals surface area contributed by atoms with Crippen molar-refractivity contribution in [3.05, 3.63) is 33.8 Å². The summed E-state index contributed by atoms with van der Waals surface area (Å²) in [5, 5.41) is 4.69. The number of rotatable bonds is 1. The summed E-state index contributed by atoms with van der Waals surface area (Å²) in [6.45, 7) is 4.22. The Morgan fingerprint density at radius 3 is 2.00 bits per heavy atom. The Kier molecular flexibility index (Phi) is 3.70. The average molecular weight is 253 g/mol. The predicted octanol–water partition coefficient (Wildman–Crippen LogP) is 3.28. The monoisotopic (exact) mass is 251 g/mol. The smallest absolute Gasteiger partial charge is 0.0423 e. The topological polar surface area (TPSA) is 12.0 Å². The summed E-state index contributed by atoms with van der Waals surface area (Å²) in [6.07, 6.45) is 0. The minimum atomic E-state index is 0. The van der Waals surface area contributed by atoms with Crippen LogP contribution in [0.4, 0.5) is 0 Å². The van der Waals surface area contributed by atoms with E-state index in [1.165, 1.54) is 5.56 Å². The number of halogens is 3. The van der Waals surface area contributed by atoms with Crippen molar-refractivity contribution in [3.8, 4) is 0 Å². The second kappa shape index (κ2) is 4.28. The molecule has 1 nitrogen and oxygen atoms in total. The first-order valence-corrected chi connectivity index (χ1v) is 5.03. The summed E-state index contributed by atoms with van der Waals surface area (Å²) < 4.78 is 0. The van der Waals surface area contributed by atoms with Gasteiger partial charge in [-0.1, -0.05) is 30.1 Å².